The number of aromatic nitrogens is 1. The fourth-order valence-corrected chi connectivity index (χ4v) is 4.36. The molecular formula is C24H27N3O4. The molecule has 0 saturated heterocycles. The van der Waals surface area contributed by atoms with Gasteiger partial charge in [0.2, 0.25) is 11.8 Å². The van der Waals surface area contributed by atoms with E-state index in [0.717, 1.165) is 31.6 Å². The van der Waals surface area contributed by atoms with Crippen LogP contribution in [-0.4, -0.2) is 15.8 Å². The molecule has 0 spiro atoms. The highest BCUT2D eigenvalue weighted by Crippen LogP contribution is 2.35. The van der Waals surface area contributed by atoms with Crippen LogP contribution in [0.2, 0.25) is 0 Å². The summed E-state index contributed by atoms with van der Waals surface area (Å²) in [6.45, 7) is 2.22. The third kappa shape index (κ3) is 4.76. The minimum absolute atomic E-state index is 0.0252. The lowest BCUT2D eigenvalue weighted by atomic mass is 9.79. The second kappa shape index (κ2) is 9.29. The normalized spacial score (nSPS) is 18.7. The molecule has 1 fully saturated rings. The second-order valence-electron chi connectivity index (χ2n) is 8.32. The Balaban J connectivity index is 1.50. The molecule has 1 amide bonds. The van der Waals surface area contributed by atoms with E-state index in [1.807, 2.05) is 24.3 Å². The van der Waals surface area contributed by atoms with Crippen LogP contribution in [0.3, 0.4) is 0 Å². The molecule has 1 saturated carbocycles. The third-order valence-electron chi connectivity index (χ3n) is 6.18. The fraction of sp³-hybridized carbons (Fsp3) is 0.417. The van der Waals surface area contributed by atoms with E-state index in [-0.39, 0.29) is 17.5 Å². The highest BCUT2D eigenvalue weighted by molar-refractivity contribution is 5.96. The summed E-state index contributed by atoms with van der Waals surface area (Å²) in [5, 5.41) is 14.1. The first kappa shape index (κ1) is 21.0. The number of nitro groups is 1. The minimum Gasteiger partial charge on any atom is -0.436 e. The van der Waals surface area contributed by atoms with Crippen LogP contribution in [0.15, 0.2) is 46.9 Å². The van der Waals surface area contributed by atoms with Crippen molar-refractivity contribution in [3.05, 3.63) is 52.6 Å². The van der Waals surface area contributed by atoms with Gasteiger partial charge in [0.05, 0.1) is 22.2 Å². The molecule has 7 heteroatoms. The average molecular weight is 421 g/mol. The SMILES string of the molecule is CCCCC1CCC(C(=O)Nc2ccccc2-c2nc3ccc([N+](=O)[O-])cc3o2)CC1. The van der Waals surface area contributed by atoms with E-state index < -0.39 is 4.92 Å². The summed E-state index contributed by atoms with van der Waals surface area (Å²) < 4.78 is 5.80. The Morgan fingerprint density at radius 2 is 1.97 bits per heavy atom. The van der Waals surface area contributed by atoms with E-state index in [0.29, 0.717) is 28.2 Å². The third-order valence-corrected chi connectivity index (χ3v) is 6.18. The first-order chi connectivity index (χ1) is 15.0. The Bertz CT molecular complexity index is 1080. The van der Waals surface area contributed by atoms with Crippen LogP contribution in [0, 0.1) is 22.0 Å². The second-order valence-corrected chi connectivity index (χ2v) is 8.32. The minimum atomic E-state index is -0.465. The van der Waals surface area contributed by atoms with Crippen molar-refractivity contribution in [1.29, 1.82) is 0 Å². The lowest BCUT2D eigenvalue weighted by Gasteiger charge is -2.27. The number of oxazole rings is 1. The summed E-state index contributed by atoms with van der Waals surface area (Å²) in [5.74, 6) is 1.14. The summed E-state index contributed by atoms with van der Waals surface area (Å²) in [4.78, 5) is 27.9. The van der Waals surface area contributed by atoms with Gasteiger partial charge in [-0.05, 0) is 49.8 Å². The molecule has 1 aliphatic carbocycles. The predicted molar refractivity (Wildman–Crippen MR) is 120 cm³/mol. The Morgan fingerprint density at radius 1 is 1.19 bits per heavy atom. The maximum absolute atomic E-state index is 12.9. The largest absolute Gasteiger partial charge is 0.436 e. The van der Waals surface area contributed by atoms with Crippen LogP contribution >= 0.6 is 0 Å². The van der Waals surface area contributed by atoms with Gasteiger partial charge in [-0.1, -0.05) is 38.3 Å². The van der Waals surface area contributed by atoms with E-state index in [4.69, 9.17) is 4.42 Å². The van der Waals surface area contributed by atoms with Gasteiger partial charge in [-0.3, -0.25) is 14.9 Å². The van der Waals surface area contributed by atoms with Crippen molar-refractivity contribution >= 4 is 28.4 Å². The van der Waals surface area contributed by atoms with Crippen molar-refractivity contribution in [1.82, 2.24) is 4.98 Å². The molecule has 31 heavy (non-hydrogen) atoms. The van der Waals surface area contributed by atoms with Gasteiger partial charge in [0.1, 0.15) is 5.52 Å². The van der Waals surface area contributed by atoms with Gasteiger partial charge in [0.15, 0.2) is 5.58 Å². The number of anilines is 1. The molecular weight excluding hydrogens is 394 g/mol. The standard InChI is InChI=1S/C24H27N3O4/c1-2-3-6-16-9-11-17(12-10-16)23(28)25-20-8-5-4-7-19(20)24-26-21-14-13-18(27(29)30)15-22(21)31-24/h4-5,7-8,13-17H,2-3,6,9-12H2,1H3,(H,25,28). The van der Waals surface area contributed by atoms with E-state index in [9.17, 15) is 14.9 Å². The lowest BCUT2D eigenvalue weighted by Crippen LogP contribution is -2.27. The topological polar surface area (TPSA) is 98.3 Å². The van der Waals surface area contributed by atoms with Crippen LogP contribution in [0.25, 0.3) is 22.6 Å². The van der Waals surface area contributed by atoms with E-state index in [2.05, 4.69) is 17.2 Å². The van der Waals surface area contributed by atoms with Gasteiger partial charge in [-0.25, -0.2) is 4.98 Å². The van der Waals surface area contributed by atoms with E-state index >= 15 is 0 Å². The van der Waals surface area contributed by atoms with Gasteiger partial charge in [0.25, 0.3) is 5.69 Å². The van der Waals surface area contributed by atoms with Crippen LogP contribution in [0.5, 0.6) is 0 Å². The van der Waals surface area contributed by atoms with E-state index in [1.54, 1.807) is 6.07 Å². The van der Waals surface area contributed by atoms with Gasteiger partial charge in [-0.15, -0.1) is 0 Å². The number of benzene rings is 2. The van der Waals surface area contributed by atoms with Gasteiger partial charge in [-0.2, -0.15) is 0 Å². The number of para-hydroxylation sites is 1. The number of nitrogens with one attached hydrogen (secondary N) is 1. The Morgan fingerprint density at radius 3 is 2.71 bits per heavy atom. The number of non-ortho nitro benzene ring substituents is 1. The molecule has 1 aliphatic rings. The smallest absolute Gasteiger partial charge is 0.273 e. The summed E-state index contributed by atoms with van der Waals surface area (Å²) in [5.41, 5.74) is 2.13. The first-order valence-corrected chi connectivity index (χ1v) is 11.0. The van der Waals surface area contributed by atoms with Crippen molar-refractivity contribution in [2.24, 2.45) is 11.8 Å². The van der Waals surface area contributed by atoms with Crippen molar-refractivity contribution in [2.75, 3.05) is 5.32 Å². The number of hydrogen-bond acceptors (Lipinski definition) is 5. The highest BCUT2D eigenvalue weighted by atomic mass is 16.6. The molecule has 0 unspecified atom stereocenters. The van der Waals surface area contributed by atoms with Gasteiger partial charge in [0, 0.05) is 12.0 Å². The molecule has 1 heterocycles. The van der Waals surface area contributed by atoms with Crippen LogP contribution in [-0.2, 0) is 4.79 Å². The Hall–Kier alpha value is -3.22. The number of carbonyl (C=O) groups excluding carboxylic acids is 1. The summed E-state index contributed by atoms with van der Waals surface area (Å²) in [6.07, 6.45) is 7.84. The maximum Gasteiger partial charge on any atom is 0.273 e. The first-order valence-electron chi connectivity index (χ1n) is 11.0. The van der Waals surface area contributed by atoms with E-state index in [1.165, 1.54) is 31.4 Å². The van der Waals surface area contributed by atoms with Crippen LogP contribution in [0.4, 0.5) is 11.4 Å². The summed E-state index contributed by atoms with van der Waals surface area (Å²) in [7, 11) is 0. The molecule has 1 aromatic heterocycles. The lowest BCUT2D eigenvalue weighted by molar-refractivity contribution is -0.384. The molecule has 2 aromatic carbocycles. The van der Waals surface area contributed by atoms with Crippen molar-refractivity contribution < 1.29 is 14.1 Å². The van der Waals surface area contributed by atoms with Gasteiger partial charge < -0.3 is 9.73 Å². The number of amides is 1. The number of rotatable bonds is 7. The molecule has 4 rings (SSSR count). The quantitative estimate of drug-likeness (QED) is 0.355. The zero-order valence-electron chi connectivity index (χ0n) is 17.7. The molecule has 3 aromatic rings. The summed E-state index contributed by atoms with van der Waals surface area (Å²) in [6, 6.07) is 11.7. The number of carbonyl (C=O) groups is 1. The number of hydrogen-bond donors (Lipinski definition) is 1. The molecule has 0 bridgehead atoms. The number of unbranched alkanes of at least 4 members (excludes halogenated alkanes) is 1. The Kier molecular flexibility index (Phi) is 6.30. The zero-order valence-corrected chi connectivity index (χ0v) is 17.7. The fourth-order valence-electron chi connectivity index (χ4n) is 4.36. The molecule has 162 valence electrons. The van der Waals surface area contributed by atoms with Crippen LogP contribution in [0.1, 0.15) is 51.9 Å². The monoisotopic (exact) mass is 421 g/mol. The van der Waals surface area contributed by atoms with Crippen molar-refractivity contribution in [3.63, 3.8) is 0 Å². The molecule has 0 aliphatic heterocycles. The molecule has 7 nitrogen and oxygen atoms in total. The number of nitro benzene ring substituents is 1. The number of fused-ring (bicyclic) bond motifs is 1. The van der Waals surface area contributed by atoms with Crippen LogP contribution < -0.4 is 5.32 Å². The van der Waals surface area contributed by atoms with Gasteiger partial charge >= 0.3 is 0 Å². The maximum atomic E-state index is 12.9. The molecule has 0 radical (unpaired) electrons. The summed E-state index contributed by atoms with van der Waals surface area (Å²) >= 11 is 0. The molecule has 0 atom stereocenters. The zero-order chi connectivity index (χ0) is 21.8. The number of nitrogens with zero attached hydrogens (tertiary/aromatic N) is 2. The van der Waals surface area contributed by atoms with Crippen molar-refractivity contribution in [2.45, 2.75) is 51.9 Å². The Labute approximate surface area is 181 Å². The predicted octanol–water partition coefficient (Wildman–Crippen LogP) is 6.34. The molecule has 1 N–H and O–H groups in total. The highest BCUT2D eigenvalue weighted by Gasteiger charge is 2.27. The van der Waals surface area contributed by atoms with Crippen molar-refractivity contribution in [3.8, 4) is 11.5 Å². The average Bonchev–Trinajstić information content (AvgIpc) is 3.21.